The summed E-state index contributed by atoms with van der Waals surface area (Å²) in [5.74, 6) is -3.77. The van der Waals surface area contributed by atoms with Crippen LogP contribution in [0.25, 0.3) is 0 Å². The molecule has 0 aliphatic carbocycles. The fraction of sp³-hybridized carbons (Fsp3) is 0.286. The van der Waals surface area contributed by atoms with Crippen LogP contribution in [0.2, 0.25) is 0 Å². The van der Waals surface area contributed by atoms with Crippen molar-refractivity contribution in [1.29, 1.82) is 0 Å². The van der Waals surface area contributed by atoms with Gasteiger partial charge in [-0.15, -0.1) is 0 Å². The van der Waals surface area contributed by atoms with Gasteiger partial charge in [0.05, 0.1) is 0 Å². The Bertz CT molecular complexity index is 1370. The second-order valence-electron chi connectivity index (χ2n) is 9.31. The highest BCUT2D eigenvalue weighted by Crippen LogP contribution is 2.51. The lowest BCUT2D eigenvalue weighted by Gasteiger charge is -2.40. The molecule has 5 nitrogen and oxygen atoms in total. The van der Waals surface area contributed by atoms with Crippen LogP contribution in [0.15, 0.2) is 71.8 Å². The maximum absolute atomic E-state index is 15.0. The van der Waals surface area contributed by atoms with Gasteiger partial charge >= 0.3 is 0 Å². The Kier molecular flexibility index (Phi) is 7.96. The first-order valence-electron chi connectivity index (χ1n) is 11.8. The van der Waals surface area contributed by atoms with Crippen LogP contribution in [-0.2, 0) is 20.0 Å². The predicted octanol–water partition coefficient (Wildman–Crippen LogP) is 5.85. The van der Waals surface area contributed by atoms with Crippen LogP contribution in [0.4, 0.5) is 17.6 Å². The van der Waals surface area contributed by atoms with Crippen molar-refractivity contribution in [2.75, 3.05) is 27.7 Å². The Balaban J connectivity index is 1.94. The molecule has 4 rings (SSSR count). The molecular formula is C28H27F4N3O2S. The Morgan fingerprint density at radius 3 is 2.26 bits per heavy atom. The molecule has 2 atom stereocenters. The molecule has 0 saturated carbocycles. The van der Waals surface area contributed by atoms with Crippen LogP contribution in [0.1, 0.15) is 30.0 Å². The number of ether oxygens (including phenoxy) is 1. The third-order valence-electron chi connectivity index (χ3n) is 6.53. The molecule has 1 amide bonds. The maximum Gasteiger partial charge on any atom is 0.281 e. The lowest BCUT2D eigenvalue weighted by atomic mass is 9.92. The first-order chi connectivity index (χ1) is 18.0. The summed E-state index contributed by atoms with van der Waals surface area (Å²) in [6, 6.07) is 14.8. The average Bonchev–Trinajstić information content (AvgIpc) is 3.30. The number of thioether (sulfide) groups is 1. The maximum atomic E-state index is 15.0. The number of rotatable bonds is 8. The molecule has 1 aliphatic heterocycles. The van der Waals surface area contributed by atoms with Crippen LogP contribution in [0.5, 0.6) is 0 Å². The topological polar surface area (TPSA) is 45.1 Å². The summed E-state index contributed by atoms with van der Waals surface area (Å²) < 4.78 is 63.7. The molecule has 0 saturated heterocycles. The average molecular weight is 546 g/mol. The zero-order chi connectivity index (χ0) is 27.7. The van der Waals surface area contributed by atoms with Crippen molar-refractivity contribution in [3.63, 3.8) is 0 Å². The van der Waals surface area contributed by atoms with E-state index >= 15 is 0 Å². The SMILES string of the molecule is CO[C@](C)(C(=O)N1N=C(c2cc(F)ccc2F)SC1(CCN(C)C)c1ccccc1)c1cc(F)ccc1F. The van der Waals surface area contributed by atoms with Gasteiger partial charge in [-0.1, -0.05) is 42.1 Å². The van der Waals surface area contributed by atoms with Crippen LogP contribution in [0.3, 0.4) is 0 Å². The Labute approximate surface area is 223 Å². The summed E-state index contributed by atoms with van der Waals surface area (Å²) in [6.07, 6.45) is 0.315. The number of hydrazone groups is 1. The second kappa shape index (κ2) is 10.9. The van der Waals surface area contributed by atoms with Gasteiger partial charge in [-0.25, -0.2) is 22.6 Å². The van der Waals surface area contributed by atoms with Crippen LogP contribution in [0, 0.1) is 23.3 Å². The number of amides is 1. The quantitative estimate of drug-likeness (QED) is 0.334. The van der Waals surface area contributed by atoms with E-state index in [1.54, 1.807) is 24.3 Å². The highest BCUT2D eigenvalue weighted by atomic mass is 32.2. The summed E-state index contributed by atoms with van der Waals surface area (Å²) in [5, 5.41) is 5.71. The van der Waals surface area contributed by atoms with E-state index in [0.717, 1.165) is 53.2 Å². The van der Waals surface area contributed by atoms with E-state index in [9.17, 15) is 22.4 Å². The molecule has 1 unspecified atom stereocenters. The van der Waals surface area contributed by atoms with Crippen molar-refractivity contribution in [2.45, 2.75) is 23.8 Å². The van der Waals surface area contributed by atoms with Gasteiger partial charge in [-0.05, 0) is 69.4 Å². The molecular weight excluding hydrogens is 518 g/mol. The fourth-order valence-corrected chi connectivity index (χ4v) is 5.67. The van der Waals surface area contributed by atoms with Crippen LogP contribution < -0.4 is 0 Å². The van der Waals surface area contributed by atoms with Gasteiger partial charge in [0.15, 0.2) is 5.60 Å². The molecule has 0 spiro atoms. The molecule has 10 heteroatoms. The smallest absolute Gasteiger partial charge is 0.281 e. The minimum absolute atomic E-state index is 0.0659. The fourth-order valence-electron chi connectivity index (χ4n) is 4.31. The van der Waals surface area contributed by atoms with E-state index in [1.807, 2.05) is 25.1 Å². The minimum Gasteiger partial charge on any atom is -0.364 e. The van der Waals surface area contributed by atoms with Gasteiger partial charge in [0, 0.05) is 24.8 Å². The third-order valence-corrected chi connectivity index (χ3v) is 7.98. The minimum atomic E-state index is -2.00. The molecule has 200 valence electrons. The van der Waals surface area contributed by atoms with Gasteiger partial charge < -0.3 is 9.64 Å². The Morgan fingerprint density at radius 1 is 1.00 bits per heavy atom. The van der Waals surface area contributed by atoms with E-state index in [2.05, 4.69) is 5.10 Å². The van der Waals surface area contributed by atoms with E-state index in [1.165, 1.54) is 14.0 Å². The number of hydrogen-bond acceptors (Lipinski definition) is 5. The van der Waals surface area contributed by atoms with Crippen molar-refractivity contribution in [2.24, 2.45) is 5.10 Å². The molecule has 0 bridgehead atoms. The molecule has 38 heavy (non-hydrogen) atoms. The number of hydrogen-bond donors (Lipinski definition) is 0. The van der Waals surface area contributed by atoms with Gasteiger partial charge in [0.1, 0.15) is 33.2 Å². The van der Waals surface area contributed by atoms with E-state index < -0.39 is 39.6 Å². The van der Waals surface area contributed by atoms with Crippen molar-refractivity contribution in [3.8, 4) is 0 Å². The van der Waals surface area contributed by atoms with Crippen molar-refractivity contribution in [3.05, 3.63) is 107 Å². The number of halogens is 4. The second-order valence-corrected chi connectivity index (χ2v) is 10.6. The van der Waals surface area contributed by atoms with E-state index in [-0.39, 0.29) is 16.2 Å². The van der Waals surface area contributed by atoms with Crippen LogP contribution in [-0.4, -0.2) is 48.6 Å². The molecule has 0 fully saturated rings. The monoisotopic (exact) mass is 545 g/mol. The van der Waals surface area contributed by atoms with Gasteiger partial charge in [-0.3, -0.25) is 4.79 Å². The molecule has 0 N–H and O–H groups in total. The van der Waals surface area contributed by atoms with Crippen molar-refractivity contribution < 1.29 is 27.1 Å². The van der Waals surface area contributed by atoms with Crippen molar-refractivity contribution in [1.82, 2.24) is 9.91 Å². The first-order valence-corrected chi connectivity index (χ1v) is 12.6. The first kappa shape index (κ1) is 27.8. The summed E-state index contributed by atoms with van der Waals surface area (Å²) in [6.45, 7) is 1.81. The van der Waals surface area contributed by atoms with Gasteiger partial charge in [-0.2, -0.15) is 5.10 Å². The normalized spacial score (nSPS) is 19.0. The number of carbonyl (C=O) groups is 1. The molecule has 3 aromatic carbocycles. The molecule has 3 aromatic rings. The third kappa shape index (κ3) is 5.08. The molecule has 1 aliphatic rings. The molecule has 0 aromatic heterocycles. The van der Waals surface area contributed by atoms with Gasteiger partial charge in [0.2, 0.25) is 0 Å². The zero-order valence-electron chi connectivity index (χ0n) is 21.3. The number of nitrogens with zero attached hydrogens (tertiary/aromatic N) is 3. The number of benzene rings is 3. The highest BCUT2D eigenvalue weighted by molar-refractivity contribution is 8.15. The lowest BCUT2D eigenvalue weighted by molar-refractivity contribution is -0.158. The predicted molar refractivity (Wildman–Crippen MR) is 139 cm³/mol. The molecule has 0 radical (unpaired) electrons. The van der Waals surface area contributed by atoms with E-state index in [4.69, 9.17) is 4.74 Å². The highest BCUT2D eigenvalue weighted by Gasteiger charge is 2.54. The van der Waals surface area contributed by atoms with Crippen molar-refractivity contribution >= 4 is 22.7 Å². The standard InChI is InChI=1S/C28H27F4N3O2S/c1-27(37-4,22-17-20(30)11-13-24(22)32)26(36)35-28(14-15-34(2)3,18-8-6-5-7-9-18)38-25(33-35)21-16-19(29)10-12-23(21)31/h5-13,16-17H,14-15H2,1-4H3/t27-,28?/m0/s1. The Morgan fingerprint density at radius 2 is 1.63 bits per heavy atom. The zero-order valence-corrected chi connectivity index (χ0v) is 22.2. The largest absolute Gasteiger partial charge is 0.364 e. The van der Waals surface area contributed by atoms with E-state index in [0.29, 0.717) is 18.5 Å². The lowest BCUT2D eigenvalue weighted by Crippen LogP contribution is -2.51. The summed E-state index contributed by atoms with van der Waals surface area (Å²) in [4.78, 5) is 15.0. The Hall–Kier alpha value is -3.21. The van der Waals surface area contributed by atoms with Gasteiger partial charge in [0.25, 0.3) is 5.91 Å². The summed E-state index contributed by atoms with van der Waals surface area (Å²) in [7, 11) is 4.94. The molecule has 1 heterocycles. The number of carbonyl (C=O) groups excluding carboxylic acids is 1. The van der Waals surface area contributed by atoms with Crippen LogP contribution >= 0.6 is 11.8 Å². The summed E-state index contributed by atoms with van der Waals surface area (Å²) in [5.41, 5.74) is -1.77. The summed E-state index contributed by atoms with van der Waals surface area (Å²) >= 11 is 1.09. The number of methoxy groups -OCH3 is 1.